The Morgan fingerprint density at radius 2 is 1.17 bits per heavy atom. The summed E-state index contributed by atoms with van der Waals surface area (Å²) >= 11 is 0. The van der Waals surface area contributed by atoms with Crippen LogP contribution in [-0.2, 0) is 19.2 Å². The summed E-state index contributed by atoms with van der Waals surface area (Å²) in [7, 11) is 0. The Hall–Kier alpha value is -1.19. The van der Waals surface area contributed by atoms with Crippen molar-refractivity contribution in [3.63, 3.8) is 0 Å². The Balaban J connectivity index is -0.000000572. The third-order valence-electron chi connectivity index (χ3n) is 5.19. The van der Waals surface area contributed by atoms with E-state index in [4.69, 9.17) is 5.11 Å². The van der Waals surface area contributed by atoms with E-state index < -0.39 is 23.3 Å². The van der Waals surface area contributed by atoms with Crippen LogP contribution in [0.25, 0.3) is 0 Å². The van der Waals surface area contributed by atoms with Crippen LogP contribution in [0.5, 0.6) is 0 Å². The van der Waals surface area contributed by atoms with Gasteiger partial charge in [-0.1, -0.05) is 72.1 Å². The quantitative estimate of drug-likeness (QED) is 0.230. The summed E-state index contributed by atoms with van der Waals surface area (Å²) in [5, 5.41) is 17.8. The number of carboxylic acids is 2. The first-order valence-electron chi connectivity index (χ1n) is 10.6. The van der Waals surface area contributed by atoms with Crippen molar-refractivity contribution in [1.29, 1.82) is 0 Å². The fourth-order valence-corrected chi connectivity index (χ4v) is 3.18. The molecular formula is C22H43AlO6. The van der Waals surface area contributed by atoms with Crippen LogP contribution in [0, 0.1) is 11.3 Å². The van der Waals surface area contributed by atoms with Gasteiger partial charge in [0.05, 0.1) is 0 Å². The number of unbranched alkanes of at least 4 members (excludes halogenated alkanes) is 6. The fourth-order valence-electron chi connectivity index (χ4n) is 3.18. The van der Waals surface area contributed by atoms with Gasteiger partial charge in [-0.3, -0.25) is 19.2 Å². The summed E-state index contributed by atoms with van der Waals surface area (Å²) in [6.07, 6.45) is 9.58. The zero-order valence-electron chi connectivity index (χ0n) is 18.4. The number of aliphatic carboxylic acids is 2. The minimum atomic E-state index is -1.12. The number of carbonyl (C=O) groups excluding carboxylic acids is 2. The number of hydrogen-bond donors (Lipinski definition) is 2. The van der Waals surface area contributed by atoms with Crippen LogP contribution in [-0.4, -0.2) is 51.1 Å². The van der Waals surface area contributed by atoms with E-state index in [2.05, 4.69) is 13.8 Å². The number of ketones is 2. The second kappa shape index (κ2) is 18.8. The first kappa shape index (κ1) is 32.5. The fraction of sp³-hybridized carbons (Fsp3) is 0.818. The van der Waals surface area contributed by atoms with Crippen LogP contribution in [0.3, 0.4) is 0 Å². The van der Waals surface area contributed by atoms with Gasteiger partial charge in [0, 0.05) is 0 Å². The molecule has 0 aromatic carbocycles. The van der Waals surface area contributed by atoms with E-state index in [1.807, 2.05) is 0 Å². The van der Waals surface area contributed by atoms with Crippen LogP contribution < -0.4 is 0 Å². The highest BCUT2D eigenvalue weighted by molar-refractivity contribution is 6.01. The Bertz CT molecular complexity index is 448. The number of rotatable bonds is 15. The molecule has 0 spiro atoms. The third kappa shape index (κ3) is 13.6. The van der Waals surface area contributed by atoms with E-state index in [0.29, 0.717) is 19.3 Å². The Morgan fingerprint density at radius 3 is 1.34 bits per heavy atom. The van der Waals surface area contributed by atoms with Gasteiger partial charge in [0.25, 0.3) is 0 Å². The molecule has 0 aliphatic rings. The van der Waals surface area contributed by atoms with Gasteiger partial charge in [-0.05, 0) is 33.1 Å². The van der Waals surface area contributed by atoms with Gasteiger partial charge in [0.2, 0.25) is 0 Å². The van der Waals surface area contributed by atoms with Crippen molar-refractivity contribution in [3.05, 3.63) is 0 Å². The number of hydrogen-bond acceptors (Lipinski definition) is 4. The molecule has 6 nitrogen and oxygen atoms in total. The van der Waals surface area contributed by atoms with Crippen molar-refractivity contribution >= 4 is 40.9 Å². The van der Waals surface area contributed by atoms with Gasteiger partial charge in [-0.25, -0.2) is 0 Å². The maximum atomic E-state index is 11.9. The highest BCUT2D eigenvalue weighted by Gasteiger charge is 2.42. The lowest BCUT2D eigenvalue weighted by Crippen LogP contribution is -2.38. The van der Waals surface area contributed by atoms with Crippen molar-refractivity contribution in [2.24, 2.45) is 11.3 Å². The zero-order valence-corrected chi connectivity index (χ0v) is 18.4. The van der Waals surface area contributed by atoms with Gasteiger partial charge in [0.1, 0.15) is 22.9 Å². The van der Waals surface area contributed by atoms with Crippen LogP contribution >= 0.6 is 0 Å². The summed E-state index contributed by atoms with van der Waals surface area (Å²) in [4.78, 5) is 44.0. The molecule has 0 saturated carbocycles. The highest BCUT2D eigenvalue weighted by atomic mass is 27.0. The van der Waals surface area contributed by atoms with Gasteiger partial charge in [-0.15, -0.1) is 0 Å². The molecule has 0 bridgehead atoms. The van der Waals surface area contributed by atoms with Crippen LogP contribution in [0.15, 0.2) is 0 Å². The van der Waals surface area contributed by atoms with E-state index in [9.17, 15) is 24.3 Å². The van der Waals surface area contributed by atoms with Crippen molar-refractivity contribution < 1.29 is 29.4 Å². The van der Waals surface area contributed by atoms with E-state index in [1.165, 1.54) is 13.8 Å². The van der Waals surface area contributed by atoms with Crippen molar-refractivity contribution in [2.75, 3.05) is 0 Å². The normalized spacial score (nSPS) is 11.5. The number of carboxylic acid groups (broad SMARTS) is 2. The molecule has 29 heavy (non-hydrogen) atoms. The summed E-state index contributed by atoms with van der Waals surface area (Å²) in [5.74, 6) is -3.19. The summed E-state index contributed by atoms with van der Waals surface area (Å²) in [5.41, 5.74) is -1.12. The molecule has 1 atom stereocenters. The molecule has 0 aromatic heterocycles. The van der Waals surface area contributed by atoms with Crippen LogP contribution in [0.2, 0.25) is 0 Å². The molecule has 0 fully saturated rings. The minimum Gasteiger partial charge on any atom is -0.481 e. The predicted octanol–water partition coefficient (Wildman–Crippen LogP) is 4.09. The molecule has 1 unspecified atom stereocenters. The Morgan fingerprint density at radius 1 is 0.759 bits per heavy atom. The first-order chi connectivity index (χ1) is 13.1. The summed E-state index contributed by atoms with van der Waals surface area (Å²) < 4.78 is 0. The molecule has 0 amide bonds. The molecule has 170 valence electrons. The van der Waals surface area contributed by atoms with Gasteiger partial charge in [-0.2, -0.15) is 0 Å². The molecule has 7 heteroatoms. The van der Waals surface area contributed by atoms with Gasteiger partial charge >= 0.3 is 11.9 Å². The average molecular weight is 431 g/mol. The van der Waals surface area contributed by atoms with E-state index in [1.54, 1.807) is 6.92 Å². The first-order valence-corrected chi connectivity index (χ1v) is 10.6. The smallest absolute Gasteiger partial charge is 0.317 e. The van der Waals surface area contributed by atoms with E-state index in [-0.39, 0.29) is 28.9 Å². The SMILES string of the molecule is CCC(C(C)=O)C(=O)O.CCCCCCC(CCCCCC)(C(C)=O)C(=O)O.[AlH3]. The van der Waals surface area contributed by atoms with E-state index >= 15 is 0 Å². The van der Waals surface area contributed by atoms with Gasteiger partial charge < -0.3 is 10.2 Å². The van der Waals surface area contributed by atoms with Gasteiger partial charge in [0.15, 0.2) is 17.4 Å². The molecule has 0 aliphatic heterocycles. The number of Topliss-reactive ketones (excluding diaryl/α,β-unsaturated/α-hetero) is 2. The summed E-state index contributed by atoms with van der Waals surface area (Å²) in [6, 6.07) is 0. The van der Waals surface area contributed by atoms with Crippen molar-refractivity contribution in [2.45, 2.75) is 105 Å². The second-order valence-electron chi connectivity index (χ2n) is 7.47. The minimum absolute atomic E-state index is 0. The lowest BCUT2D eigenvalue weighted by atomic mass is 9.75. The molecule has 0 aromatic rings. The molecule has 0 rings (SSSR count). The molecule has 0 saturated heterocycles. The average Bonchev–Trinajstić information content (AvgIpc) is 2.60. The zero-order chi connectivity index (χ0) is 22.2. The maximum Gasteiger partial charge on any atom is 0.317 e. The second-order valence-corrected chi connectivity index (χ2v) is 7.47. The van der Waals surface area contributed by atoms with Crippen LogP contribution in [0.4, 0.5) is 0 Å². The molecule has 0 radical (unpaired) electrons. The molecule has 0 heterocycles. The molecule has 0 aliphatic carbocycles. The lowest BCUT2D eigenvalue weighted by molar-refractivity contribution is -0.155. The topological polar surface area (TPSA) is 109 Å². The maximum absolute atomic E-state index is 11.9. The van der Waals surface area contributed by atoms with E-state index in [0.717, 1.165) is 51.4 Å². The molecular weight excluding hydrogens is 387 g/mol. The third-order valence-corrected chi connectivity index (χ3v) is 5.19. The Kier molecular flexibility index (Phi) is 21.1. The van der Waals surface area contributed by atoms with Crippen molar-refractivity contribution in [3.8, 4) is 0 Å². The Labute approximate surface area is 187 Å². The number of carbonyl (C=O) groups is 4. The largest absolute Gasteiger partial charge is 0.481 e. The van der Waals surface area contributed by atoms with Crippen LogP contribution in [0.1, 0.15) is 105 Å². The summed E-state index contributed by atoms with van der Waals surface area (Å²) in [6.45, 7) is 8.66. The predicted molar refractivity (Wildman–Crippen MR) is 120 cm³/mol. The monoisotopic (exact) mass is 430 g/mol. The van der Waals surface area contributed by atoms with Crippen molar-refractivity contribution in [1.82, 2.24) is 0 Å². The molecule has 2 N–H and O–H groups in total. The lowest BCUT2D eigenvalue weighted by Gasteiger charge is -2.26. The standard InChI is InChI=1S/C16H30O3.C6H10O3.Al.3H/c1-4-6-8-10-12-16(14(3)17,15(18)19)13-11-9-7-5-2;1-3-5(4(2)7)6(8)9;;;;/h4-13H2,1-3H3,(H,18,19);5H,3H2,1-2H3,(H,8,9);;;;. The highest BCUT2D eigenvalue weighted by Crippen LogP contribution is 2.33.